The Labute approximate surface area is 106 Å². The van der Waals surface area contributed by atoms with Crippen molar-refractivity contribution in [2.45, 2.75) is 13.8 Å². The maximum Gasteiger partial charge on any atom is 0.333 e. The lowest BCUT2D eigenvalue weighted by molar-refractivity contribution is -0.135. The molecule has 0 aromatic rings. The molecule has 0 saturated heterocycles. The molecular weight excluding hydrogens is 263 g/mol. The normalized spacial score (nSPS) is 16.2. The van der Waals surface area contributed by atoms with Crippen molar-refractivity contribution in [3.8, 4) is 0 Å². The minimum atomic E-state index is -2.60. The van der Waals surface area contributed by atoms with Gasteiger partial charge in [-0.25, -0.2) is 9.56 Å². The number of nitrogens with two attached hydrogens (primary N) is 1. The highest BCUT2D eigenvalue weighted by Gasteiger charge is 2.18. The number of hydrogen-bond donors (Lipinski definition) is 1. The summed E-state index contributed by atoms with van der Waals surface area (Å²) in [6.45, 7) is 3.20. The maximum atomic E-state index is 11.0. The molecule has 0 amide bonds. The largest absolute Gasteiger partial charge is 0.466 e. The van der Waals surface area contributed by atoms with Crippen LogP contribution in [0.2, 0.25) is 0 Å². The van der Waals surface area contributed by atoms with E-state index in [2.05, 4.69) is 9.50 Å². The second-order valence-corrected chi connectivity index (χ2v) is 6.79. The lowest BCUT2D eigenvalue weighted by Crippen LogP contribution is -2.07. The van der Waals surface area contributed by atoms with E-state index in [9.17, 15) is 4.79 Å². The van der Waals surface area contributed by atoms with Gasteiger partial charge in [0.05, 0.1) is 19.0 Å². The molecule has 17 heavy (non-hydrogen) atoms. The number of carbonyl (C=O) groups is 1. The number of esters is 1. The molecule has 0 aliphatic heterocycles. The Morgan fingerprint density at radius 1 is 1.47 bits per heavy atom. The van der Waals surface area contributed by atoms with Crippen LogP contribution in [0.5, 0.6) is 0 Å². The summed E-state index contributed by atoms with van der Waals surface area (Å²) in [4.78, 5) is 11.0. The van der Waals surface area contributed by atoms with Crippen LogP contribution in [0.4, 0.5) is 0 Å². The minimum Gasteiger partial charge on any atom is -0.466 e. The summed E-state index contributed by atoms with van der Waals surface area (Å²) >= 11 is 5.25. The van der Waals surface area contributed by atoms with Crippen LogP contribution in [-0.4, -0.2) is 32.4 Å². The van der Waals surface area contributed by atoms with Crippen LogP contribution >= 0.6 is 6.42 Å². The van der Waals surface area contributed by atoms with E-state index in [1.54, 1.807) is 13.8 Å². The van der Waals surface area contributed by atoms with E-state index in [4.69, 9.17) is 26.8 Å². The predicted molar refractivity (Wildman–Crippen MR) is 70.3 cm³/mol. The lowest BCUT2D eigenvalue weighted by atomic mass is 10.5. The average molecular weight is 280 g/mol. The maximum absolute atomic E-state index is 11.0. The summed E-state index contributed by atoms with van der Waals surface area (Å²) in [7, 11) is 2.77. The van der Waals surface area contributed by atoms with Crippen molar-refractivity contribution in [1.82, 2.24) is 0 Å². The highest BCUT2D eigenvalue weighted by molar-refractivity contribution is 8.11. The van der Waals surface area contributed by atoms with Crippen LogP contribution in [0.1, 0.15) is 13.8 Å². The van der Waals surface area contributed by atoms with Gasteiger partial charge in [-0.05, 0) is 25.7 Å². The molecule has 0 aliphatic rings. The van der Waals surface area contributed by atoms with Gasteiger partial charge in [0, 0.05) is 7.11 Å². The zero-order valence-corrected chi connectivity index (χ0v) is 12.0. The van der Waals surface area contributed by atoms with Crippen molar-refractivity contribution >= 4 is 30.0 Å². The molecule has 0 aliphatic carbocycles. The summed E-state index contributed by atoms with van der Waals surface area (Å²) < 4.78 is 18.9. The van der Waals surface area contributed by atoms with Gasteiger partial charge in [-0.1, -0.05) is 0 Å². The number of methoxy groups -OCH3 is 2. The van der Waals surface area contributed by atoms with Crippen molar-refractivity contribution < 1.29 is 18.8 Å². The molecular formula is C9H17N2O4PS. The van der Waals surface area contributed by atoms with Gasteiger partial charge in [0.15, 0.2) is 0 Å². The summed E-state index contributed by atoms with van der Waals surface area (Å²) in [6.07, 6.45) is -1.27. The second-order valence-electron chi connectivity index (χ2n) is 3.17. The van der Waals surface area contributed by atoms with Crippen LogP contribution in [0.3, 0.4) is 0 Å². The molecule has 0 heterocycles. The third-order valence-electron chi connectivity index (χ3n) is 1.41. The fourth-order valence-electron chi connectivity index (χ4n) is 0.955. The SMILES string of the molecule is COCP(=S)(N=C(C)N)OC(C)=CC(=O)OC. The Bertz CT molecular complexity index is 377. The minimum absolute atomic E-state index is 0.142. The Hall–Kier alpha value is -0.910. The Morgan fingerprint density at radius 3 is 2.47 bits per heavy atom. The van der Waals surface area contributed by atoms with Gasteiger partial charge >= 0.3 is 5.97 Å². The molecule has 6 nitrogen and oxygen atoms in total. The molecule has 0 rings (SSSR count). The number of allylic oxidation sites excluding steroid dienone is 1. The van der Waals surface area contributed by atoms with Crippen LogP contribution < -0.4 is 5.73 Å². The van der Waals surface area contributed by atoms with Gasteiger partial charge in [0.25, 0.3) is 0 Å². The predicted octanol–water partition coefficient (Wildman–Crippen LogP) is 1.37. The van der Waals surface area contributed by atoms with Gasteiger partial charge in [-0.2, -0.15) is 0 Å². The third-order valence-corrected chi connectivity index (χ3v) is 3.97. The molecule has 0 radical (unpaired) electrons. The molecule has 1 unspecified atom stereocenters. The van der Waals surface area contributed by atoms with Gasteiger partial charge in [0.1, 0.15) is 12.1 Å². The first-order chi connectivity index (χ1) is 7.83. The van der Waals surface area contributed by atoms with E-state index in [0.29, 0.717) is 11.6 Å². The van der Waals surface area contributed by atoms with Crippen molar-refractivity contribution in [2.24, 2.45) is 10.5 Å². The first-order valence-corrected chi connectivity index (χ1v) is 7.55. The topological polar surface area (TPSA) is 83.1 Å². The van der Waals surface area contributed by atoms with E-state index in [-0.39, 0.29) is 6.35 Å². The highest BCUT2D eigenvalue weighted by atomic mass is 32.4. The molecule has 0 saturated carbocycles. The standard InChI is InChI=1S/C9H17N2O4PS/c1-7(5-9(12)14-4)15-16(17,6-13-3)11-8(2)10/h5H,6H2,1-4H3,(H2,10,11,17). The summed E-state index contributed by atoms with van der Waals surface area (Å²) in [5.41, 5.74) is 5.48. The third kappa shape index (κ3) is 7.10. The average Bonchev–Trinajstić information content (AvgIpc) is 2.15. The zero-order chi connectivity index (χ0) is 13.5. The molecule has 1 atom stereocenters. The summed E-state index contributed by atoms with van der Waals surface area (Å²) in [5.74, 6) is 0.119. The first-order valence-electron chi connectivity index (χ1n) is 4.69. The Morgan fingerprint density at radius 2 is 2.06 bits per heavy atom. The number of carbonyl (C=O) groups excluding carboxylic acids is 1. The second kappa shape index (κ2) is 7.42. The van der Waals surface area contributed by atoms with Crippen molar-refractivity contribution in [3.05, 3.63) is 11.8 Å². The van der Waals surface area contributed by atoms with E-state index in [0.717, 1.165) is 0 Å². The van der Waals surface area contributed by atoms with E-state index >= 15 is 0 Å². The monoisotopic (exact) mass is 280 g/mol. The number of rotatable bonds is 6. The van der Waals surface area contributed by atoms with E-state index in [1.807, 2.05) is 0 Å². The number of ether oxygens (including phenoxy) is 2. The van der Waals surface area contributed by atoms with Gasteiger partial charge in [0.2, 0.25) is 6.42 Å². The molecule has 0 fully saturated rings. The van der Waals surface area contributed by atoms with Crippen molar-refractivity contribution in [1.29, 1.82) is 0 Å². The number of hydrogen-bond acceptors (Lipinski definition) is 5. The van der Waals surface area contributed by atoms with E-state index in [1.165, 1.54) is 20.3 Å². The summed E-state index contributed by atoms with van der Waals surface area (Å²) in [6, 6.07) is 0. The van der Waals surface area contributed by atoms with Crippen LogP contribution in [0, 0.1) is 0 Å². The van der Waals surface area contributed by atoms with Crippen molar-refractivity contribution in [3.63, 3.8) is 0 Å². The quantitative estimate of drug-likeness (QED) is 0.197. The first kappa shape index (κ1) is 16.1. The smallest absolute Gasteiger partial charge is 0.333 e. The molecule has 98 valence electrons. The Kier molecular flexibility index (Phi) is 7.03. The fraction of sp³-hybridized carbons (Fsp3) is 0.556. The zero-order valence-electron chi connectivity index (χ0n) is 10.3. The molecule has 0 spiro atoms. The van der Waals surface area contributed by atoms with Crippen LogP contribution in [-0.2, 0) is 30.6 Å². The van der Waals surface area contributed by atoms with Gasteiger partial charge in [-0.15, -0.1) is 0 Å². The van der Waals surface area contributed by atoms with Gasteiger partial charge < -0.3 is 19.7 Å². The molecule has 2 N–H and O–H groups in total. The van der Waals surface area contributed by atoms with Crippen molar-refractivity contribution in [2.75, 3.05) is 20.6 Å². The Balaban J connectivity index is 4.89. The molecule has 0 aromatic carbocycles. The van der Waals surface area contributed by atoms with Gasteiger partial charge in [-0.3, -0.25) is 0 Å². The number of amidine groups is 1. The molecule has 0 aromatic heterocycles. The lowest BCUT2D eigenvalue weighted by Gasteiger charge is -2.18. The summed E-state index contributed by atoms with van der Waals surface area (Å²) in [5, 5.41) is 0. The van der Waals surface area contributed by atoms with Crippen LogP contribution in [0.25, 0.3) is 0 Å². The van der Waals surface area contributed by atoms with Crippen LogP contribution in [0.15, 0.2) is 16.6 Å². The molecule has 0 bridgehead atoms. The number of nitrogens with zero attached hydrogens (tertiary/aromatic N) is 1. The highest BCUT2D eigenvalue weighted by Crippen LogP contribution is 2.50. The fourth-order valence-corrected chi connectivity index (χ4v) is 3.47. The molecule has 8 heteroatoms. The van der Waals surface area contributed by atoms with E-state index < -0.39 is 12.4 Å².